The predicted molar refractivity (Wildman–Crippen MR) is 85.2 cm³/mol. The molecule has 6 heteroatoms. The Hall–Kier alpha value is -1.40. The minimum atomic E-state index is 0.273. The van der Waals surface area contributed by atoms with Gasteiger partial charge in [0.15, 0.2) is 0 Å². The van der Waals surface area contributed by atoms with Crippen LogP contribution in [0.5, 0.6) is 5.88 Å². The zero-order valence-corrected chi connectivity index (χ0v) is 13.3. The van der Waals surface area contributed by atoms with E-state index in [1.165, 1.54) is 19.3 Å². The fraction of sp³-hybridized carbons (Fsp3) is 0.750. The number of aromatic nitrogens is 2. The number of likely N-dealkylation sites (tertiary alicyclic amines) is 1. The van der Waals surface area contributed by atoms with Gasteiger partial charge in [-0.05, 0) is 39.2 Å². The Balaban J connectivity index is 1.68. The van der Waals surface area contributed by atoms with E-state index in [9.17, 15) is 5.11 Å². The van der Waals surface area contributed by atoms with Gasteiger partial charge in [-0.2, -0.15) is 0 Å². The molecule has 0 bridgehead atoms. The summed E-state index contributed by atoms with van der Waals surface area (Å²) in [5.41, 5.74) is 0. The van der Waals surface area contributed by atoms with Gasteiger partial charge in [-0.3, -0.25) is 4.90 Å². The molecule has 0 spiro atoms. The van der Waals surface area contributed by atoms with Crippen molar-refractivity contribution in [2.24, 2.45) is 0 Å². The first-order valence-corrected chi connectivity index (χ1v) is 8.38. The molecule has 22 heavy (non-hydrogen) atoms. The van der Waals surface area contributed by atoms with Gasteiger partial charge in [0.1, 0.15) is 12.1 Å². The van der Waals surface area contributed by atoms with E-state index in [-0.39, 0.29) is 6.61 Å². The Kier molecular flexibility index (Phi) is 5.10. The Morgan fingerprint density at radius 1 is 1.23 bits per heavy atom. The summed E-state index contributed by atoms with van der Waals surface area (Å²) < 4.78 is 5.49. The molecular weight excluding hydrogens is 280 g/mol. The van der Waals surface area contributed by atoms with Crippen LogP contribution in [-0.2, 0) is 0 Å². The SMILES string of the molecule is CCOc1cc(N2CCC[C@@H]2CN2CCC[C@H]2CO)ncn1. The zero-order valence-electron chi connectivity index (χ0n) is 13.3. The summed E-state index contributed by atoms with van der Waals surface area (Å²) in [4.78, 5) is 13.4. The average molecular weight is 306 g/mol. The minimum Gasteiger partial charge on any atom is -0.478 e. The summed E-state index contributed by atoms with van der Waals surface area (Å²) in [6.45, 7) is 6.00. The smallest absolute Gasteiger partial charge is 0.218 e. The molecule has 122 valence electrons. The average Bonchev–Trinajstić information content (AvgIpc) is 3.17. The Morgan fingerprint density at radius 2 is 2.05 bits per heavy atom. The number of nitrogens with zero attached hydrogens (tertiary/aromatic N) is 4. The lowest BCUT2D eigenvalue weighted by molar-refractivity contribution is 0.153. The first kappa shape index (κ1) is 15.5. The summed E-state index contributed by atoms with van der Waals surface area (Å²) in [7, 11) is 0. The molecule has 2 saturated heterocycles. The maximum Gasteiger partial charge on any atom is 0.218 e. The third kappa shape index (κ3) is 3.33. The van der Waals surface area contributed by atoms with Crippen molar-refractivity contribution in [3.8, 4) is 5.88 Å². The van der Waals surface area contributed by atoms with Gasteiger partial charge in [0, 0.05) is 31.2 Å². The topological polar surface area (TPSA) is 61.7 Å². The highest BCUT2D eigenvalue weighted by molar-refractivity contribution is 5.43. The fourth-order valence-corrected chi connectivity index (χ4v) is 3.65. The number of rotatable bonds is 6. The Labute approximate surface area is 132 Å². The highest BCUT2D eigenvalue weighted by Gasteiger charge is 2.32. The van der Waals surface area contributed by atoms with Gasteiger partial charge in [-0.15, -0.1) is 0 Å². The second-order valence-electron chi connectivity index (χ2n) is 6.11. The van der Waals surface area contributed by atoms with Crippen molar-refractivity contribution in [2.45, 2.75) is 44.7 Å². The molecule has 0 amide bonds. The third-order valence-corrected chi connectivity index (χ3v) is 4.75. The third-order valence-electron chi connectivity index (χ3n) is 4.75. The molecule has 0 saturated carbocycles. The standard InChI is InChI=1S/C16H26N4O2/c1-2-22-16-9-15(17-12-18-16)20-8-4-5-13(20)10-19-7-3-6-14(19)11-21/h9,12-14,21H,2-8,10-11H2,1H3/t13-,14+/m1/s1. The van der Waals surface area contributed by atoms with E-state index in [1.807, 2.05) is 13.0 Å². The molecule has 0 aromatic carbocycles. The van der Waals surface area contributed by atoms with Crippen molar-refractivity contribution in [1.82, 2.24) is 14.9 Å². The summed E-state index contributed by atoms with van der Waals surface area (Å²) >= 11 is 0. The van der Waals surface area contributed by atoms with Crippen molar-refractivity contribution < 1.29 is 9.84 Å². The van der Waals surface area contributed by atoms with Crippen molar-refractivity contribution in [2.75, 3.05) is 37.7 Å². The van der Waals surface area contributed by atoms with Crippen molar-refractivity contribution >= 4 is 5.82 Å². The number of ether oxygens (including phenoxy) is 1. The van der Waals surface area contributed by atoms with Crippen molar-refractivity contribution in [1.29, 1.82) is 0 Å². The number of anilines is 1. The molecule has 1 aromatic rings. The summed E-state index contributed by atoms with van der Waals surface area (Å²) in [6, 6.07) is 2.75. The summed E-state index contributed by atoms with van der Waals surface area (Å²) in [5.74, 6) is 1.60. The maximum atomic E-state index is 9.50. The number of aliphatic hydroxyl groups excluding tert-OH is 1. The van der Waals surface area contributed by atoms with E-state index >= 15 is 0 Å². The molecule has 1 N–H and O–H groups in total. The molecule has 3 heterocycles. The lowest BCUT2D eigenvalue weighted by Gasteiger charge is -2.31. The normalized spacial score (nSPS) is 25.8. The van der Waals surface area contributed by atoms with Crippen LogP contribution in [0.4, 0.5) is 5.82 Å². The largest absolute Gasteiger partial charge is 0.478 e. The molecule has 0 unspecified atom stereocenters. The highest BCUT2D eigenvalue weighted by atomic mass is 16.5. The van der Waals surface area contributed by atoms with Gasteiger partial charge in [0.05, 0.1) is 13.2 Å². The van der Waals surface area contributed by atoms with Crippen LogP contribution in [0.15, 0.2) is 12.4 Å². The van der Waals surface area contributed by atoms with E-state index < -0.39 is 0 Å². The van der Waals surface area contributed by atoms with Crippen LogP contribution in [0, 0.1) is 0 Å². The highest BCUT2D eigenvalue weighted by Crippen LogP contribution is 2.28. The maximum absolute atomic E-state index is 9.50. The van der Waals surface area contributed by atoms with Crippen molar-refractivity contribution in [3.63, 3.8) is 0 Å². The molecule has 0 radical (unpaired) electrons. The van der Waals surface area contributed by atoms with Gasteiger partial charge < -0.3 is 14.7 Å². The van der Waals surface area contributed by atoms with E-state index in [4.69, 9.17) is 4.74 Å². The van der Waals surface area contributed by atoms with Crippen LogP contribution in [0.2, 0.25) is 0 Å². The van der Waals surface area contributed by atoms with Gasteiger partial charge in [-0.1, -0.05) is 0 Å². The second kappa shape index (κ2) is 7.24. The Bertz CT molecular complexity index is 485. The Morgan fingerprint density at radius 3 is 2.86 bits per heavy atom. The molecule has 1 aromatic heterocycles. The van der Waals surface area contributed by atoms with E-state index in [1.54, 1.807) is 6.33 Å². The molecule has 2 atom stereocenters. The predicted octanol–water partition coefficient (Wildman–Crippen LogP) is 1.30. The molecule has 3 rings (SSSR count). The molecule has 2 aliphatic heterocycles. The van der Waals surface area contributed by atoms with E-state index in [0.29, 0.717) is 24.6 Å². The van der Waals surface area contributed by atoms with Crippen molar-refractivity contribution in [3.05, 3.63) is 12.4 Å². The monoisotopic (exact) mass is 306 g/mol. The van der Waals surface area contributed by atoms with Crippen LogP contribution in [-0.4, -0.2) is 64.9 Å². The molecule has 2 fully saturated rings. The molecular formula is C16H26N4O2. The zero-order chi connectivity index (χ0) is 15.4. The van der Waals surface area contributed by atoms with Crippen LogP contribution in [0.25, 0.3) is 0 Å². The molecule has 0 aliphatic carbocycles. The van der Waals surface area contributed by atoms with E-state index in [2.05, 4.69) is 19.8 Å². The number of aliphatic hydroxyl groups is 1. The first-order valence-electron chi connectivity index (χ1n) is 8.38. The van der Waals surface area contributed by atoms with E-state index in [0.717, 1.165) is 31.9 Å². The van der Waals surface area contributed by atoms with Gasteiger partial charge in [-0.25, -0.2) is 9.97 Å². The fourth-order valence-electron chi connectivity index (χ4n) is 3.65. The first-order chi connectivity index (χ1) is 10.8. The summed E-state index contributed by atoms with van der Waals surface area (Å²) in [6.07, 6.45) is 6.27. The lowest BCUT2D eigenvalue weighted by atomic mass is 10.2. The molecule has 6 nitrogen and oxygen atoms in total. The minimum absolute atomic E-state index is 0.273. The van der Waals surface area contributed by atoms with Gasteiger partial charge in [0.25, 0.3) is 0 Å². The second-order valence-corrected chi connectivity index (χ2v) is 6.11. The van der Waals surface area contributed by atoms with Crippen LogP contribution < -0.4 is 9.64 Å². The summed E-state index contributed by atoms with van der Waals surface area (Å²) in [5, 5.41) is 9.50. The van der Waals surface area contributed by atoms with Crippen LogP contribution in [0.1, 0.15) is 32.6 Å². The molecule has 2 aliphatic rings. The number of hydrogen-bond donors (Lipinski definition) is 1. The van der Waals surface area contributed by atoms with Crippen LogP contribution >= 0.6 is 0 Å². The quantitative estimate of drug-likeness (QED) is 0.855. The lowest BCUT2D eigenvalue weighted by Crippen LogP contribution is -2.43. The van der Waals surface area contributed by atoms with Crippen LogP contribution in [0.3, 0.4) is 0 Å². The number of hydrogen-bond acceptors (Lipinski definition) is 6. The van der Waals surface area contributed by atoms with Gasteiger partial charge in [0.2, 0.25) is 5.88 Å². The van der Waals surface area contributed by atoms with Gasteiger partial charge >= 0.3 is 0 Å².